The molecule has 1 aliphatic heterocycles. The van der Waals surface area contributed by atoms with Crippen molar-refractivity contribution < 1.29 is 53.1 Å². The summed E-state index contributed by atoms with van der Waals surface area (Å²) in [4.78, 5) is 52.8. The lowest BCUT2D eigenvalue weighted by molar-refractivity contribution is -0.329. The first kappa shape index (κ1) is 34.6. The minimum atomic E-state index is -3.57. The molecule has 0 spiro atoms. The van der Waals surface area contributed by atoms with Gasteiger partial charge in [0.25, 0.3) is 6.43 Å². The first-order valence-corrected chi connectivity index (χ1v) is 14.9. The molecular formula is C32H31ClF2O9S. The molecule has 1 fully saturated rings. The maximum absolute atomic E-state index is 13.1. The average molecular weight is 665 g/mol. The lowest BCUT2D eigenvalue weighted by Gasteiger charge is -2.58. The number of halogens is 3. The predicted octanol–water partition coefficient (Wildman–Crippen LogP) is 3.95. The van der Waals surface area contributed by atoms with Crippen molar-refractivity contribution >= 4 is 46.1 Å². The lowest BCUT2D eigenvalue weighted by Crippen LogP contribution is -2.85. The number of aliphatic hydroxyl groups is 4. The Labute approximate surface area is 266 Å². The van der Waals surface area contributed by atoms with Crippen molar-refractivity contribution in [3.63, 3.8) is 0 Å². The Balaban J connectivity index is 1.81. The van der Waals surface area contributed by atoms with E-state index in [0.29, 0.717) is 11.1 Å². The maximum Gasteiger partial charge on any atom is 0.263 e. The molecule has 1 aromatic heterocycles. The van der Waals surface area contributed by atoms with Gasteiger partial charge in [0.05, 0.1) is 0 Å². The quantitative estimate of drug-likeness (QED) is 0.252. The summed E-state index contributed by atoms with van der Waals surface area (Å²) in [6.45, 7) is 3.24. The summed E-state index contributed by atoms with van der Waals surface area (Å²) in [5.74, 6) is -4.99. The number of alkyl halides is 2. The van der Waals surface area contributed by atoms with Crippen LogP contribution < -0.4 is 0 Å². The summed E-state index contributed by atoms with van der Waals surface area (Å²) in [6.07, 6.45) is -8.90. The van der Waals surface area contributed by atoms with E-state index in [4.69, 9.17) is 16.3 Å². The fraction of sp³-hybridized carbons (Fsp3) is 0.375. The molecule has 0 aliphatic carbocycles. The number of thiophene rings is 1. The summed E-state index contributed by atoms with van der Waals surface area (Å²) in [6, 6.07) is 13.6. The van der Waals surface area contributed by atoms with Gasteiger partial charge in [-0.05, 0) is 62.6 Å². The zero-order valence-electron chi connectivity index (χ0n) is 24.6. The molecule has 3 aromatic rings. The van der Waals surface area contributed by atoms with Crippen molar-refractivity contribution in [2.75, 3.05) is 0 Å². The number of benzene rings is 2. The molecule has 2 aromatic carbocycles. The standard InChI is InChI=1S/C32H31ClF2O9S/c1-15(36)26(40)28-31(42,17(3)38)32(43,18(4)39)30(41,16(2)37)27(44-28)21-9-11-24(33)22(13-21)14-23-10-12-25(45-23)19-5-7-20(8-6-19)29(34)35/h5-13,26-29,40-43H,14H2,1-4H3/t26?,27-,28+,30-,31+,32+/m0/s1. The summed E-state index contributed by atoms with van der Waals surface area (Å²) in [7, 11) is 0. The van der Waals surface area contributed by atoms with E-state index in [1.165, 1.54) is 41.7 Å². The van der Waals surface area contributed by atoms with Gasteiger partial charge in [-0.2, -0.15) is 0 Å². The molecule has 0 radical (unpaired) electrons. The van der Waals surface area contributed by atoms with Crippen LogP contribution in [0.3, 0.4) is 0 Å². The van der Waals surface area contributed by atoms with Crippen LogP contribution in [0.5, 0.6) is 0 Å². The van der Waals surface area contributed by atoms with Crippen LogP contribution in [0.25, 0.3) is 10.4 Å². The summed E-state index contributed by atoms with van der Waals surface area (Å²) >= 11 is 7.85. The van der Waals surface area contributed by atoms with Gasteiger partial charge in [0.2, 0.25) is 0 Å². The van der Waals surface area contributed by atoms with Crippen molar-refractivity contribution in [3.05, 3.63) is 81.2 Å². The number of carbonyl (C=O) groups is 4. The van der Waals surface area contributed by atoms with Crippen molar-refractivity contribution in [2.45, 2.75) is 75.7 Å². The molecule has 240 valence electrons. The fourth-order valence-corrected chi connectivity index (χ4v) is 7.02. The number of ether oxygens (including phenoxy) is 1. The second-order valence-corrected chi connectivity index (χ2v) is 12.7. The average Bonchev–Trinajstić information content (AvgIpc) is 3.45. The van der Waals surface area contributed by atoms with Gasteiger partial charge in [-0.15, -0.1) is 11.3 Å². The van der Waals surface area contributed by atoms with E-state index in [-0.39, 0.29) is 22.6 Å². The molecule has 9 nitrogen and oxygen atoms in total. The number of aliphatic hydroxyl groups excluding tert-OH is 1. The topological polar surface area (TPSA) is 158 Å². The monoisotopic (exact) mass is 664 g/mol. The number of carbonyl (C=O) groups excluding carboxylic acids is 4. The molecule has 4 N–H and O–H groups in total. The zero-order chi connectivity index (χ0) is 33.6. The molecule has 0 amide bonds. The number of rotatable bonds is 10. The lowest BCUT2D eigenvalue weighted by atomic mass is 9.57. The van der Waals surface area contributed by atoms with Crippen LogP contribution in [0.4, 0.5) is 8.78 Å². The third-order valence-electron chi connectivity index (χ3n) is 8.31. The molecule has 6 atom stereocenters. The molecular weight excluding hydrogens is 634 g/mol. The first-order valence-electron chi connectivity index (χ1n) is 13.7. The second kappa shape index (κ2) is 12.5. The molecule has 0 saturated carbocycles. The Morgan fingerprint density at radius 3 is 2.00 bits per heavy atom. The number of hydrogen-bond acceptors (Lipinski definition) is 10. The SMILES string of the molecule is CC(=O)C(O)[C@H]1O[C@@H](c2ccc(Cl)c(Cc3ccc(-c4ccc(C(F)F)cc4)s3)c2)[C@@](O)(C(C)=O)[C@](O)(C(C)=O)[C@@]1(O)C(C)=O. The van der Waals surface area contributed by atoms with E-state index < -0.39 is 64.7 Å². The Hall–Kier alpha value is -3.23. The smallest absolute Gasteiger partial charge is 0.263 e. The van der Waals surface area contributed by atoms with Crippen LogP contribution >= 0.6 is 22.9 Å². The third kappa shape index (κ3) is 5.58. The Bertz CT molecular complexity index is 1660. The molecule has 13 heteroatoms. The van der Waals surface area contributed by atoms with E-state index >= 15 is 0 Å². The molecule has 2 heterocycles. The van der Waals surface area contributed by atoms with Crippen LogP contribution in [-0.2, 0) is 30.3 Å². The van der Waals surface area contributed by atoms with Crippen molar-refractivity contribution in [1.29, 1.82) is 0 Å². The minimum Gasteiger partial charge on any atom is -0.382 e. The maximum atomic E-state index is 13.1. The van der Waals surface area contributed by atoms with Gasteiger partial charge in [-0.3, -0.25) is 19.2 Å². The Morgan fingerprint density at radius 1 is 0.889 bits per heavy atom. The highest BCUT2D eigenvalue weighted by molar-refractivity contribution is 7.15. The highest BCUT2D eigenvalue weighted by atomic mass is 35.5. The van der Waals surface area contributed by atoms with E-state index in [9.17, 15) is 48.4 Å². The van der Waals surface area contributed by atoms with E-state index in [0.717, 1.165) is 37.4 Å². The van der Waals surface area contributed by atoms with Crippen LogP contribution in [0.2, 0.25) is 5.02 Å². The van der Waals surface area contributed by atoms with Crippen LogP contribution in [0.1, 0.15) is 61.8 Å². The highest BCUT2D eigenvalue weighted by Crippen LogP contribution is 2.53. The Kier molecular flexibility index (Phi) is 9.64. The van der Waals surface area contributed by atoms with Gasteiger partial charge in [0.1, 0.15) is 18.3 Å². The van der Waals surface area contributed by atoms with Crippen LogP contribution in [0, 0.1) is 0 Å². The molecule has 1 saturated heterocycles. The second-order valence-electron chi connectivity index (χ2n) is 11.1. The largest absolute Gasteiger partial charge is 0.382 e. The number of ketones is 4. The van der Waals surface area contributed by atoms with Crippen molar-refractivity contribution in [1.82, 2.24) is 0 Å². The molecule has 1 unspecified atom stereocenters. The van der Waals surface area contributed by atoms with Gasteiger partial charge in [-0.25, -0.2) is 8.78 Å². The first-order chi connectivity index (χ1) is 20.9. The van der Waals surface area contributed by atoms with Crippen LogP contribution in [-0.4, -0.2) is 72.6 Å². The van der Waals surface area contributed by atoms with E-state index in [1.54, 1.807) is 24.3 Å². The molecule has 0 bridgehead atoms. The van der Waals surface area contributed by atoms with Gasteiger partial charge in [0, 0.05) is 26.8 Å². The van der Waals surface area contributed by atoms with Gasteiger partial charge in [0.15, 0.2) is 39.9 Å². The van der Waals surface area contributed by atoms with E-state index in [2.05, 4.69) is 0 Å². The number of Topliss-reactive ketones (excluding diaryl/α,β-unsaturated/α-hetero) is 4. The normalized spacial score (nSPS) is 27.3. The highest BCUT2D eigenvalue weighted by Gasteiger charge is 2.79. The van der Waals surface area contributed by atoms with Gasteiger partial charge in [-0.1, -0.05) is 48.0 Å². The van der Waals surface area contributed by atoms with E-state index in [1.807, 2.05) is 0 Å². The molecule has 45 heavy (non-hydrogen) atoms. The predicted molar refractivity (Wildman–Crippen MR) is 160 cm³/mol. The summed E-state index contributed by atoms with van der Waals surface area (Å²) in [5.41, 5.74) is -9.25. The van der Waals surface area contributed by atoms with Gasteiger partial charge >= 0.3 is 0 Å². The summed E-state index contributed by atoms with van der Waals surface area (Å²) < 4.78 is 31.7. The third-order valence-corrected chi connectivity index (χ3v) is 9.81. The fourth-order valence-electron chi connectivity index (χ4n) is 5.80. The summed E-state index contributed by atoms with van der Waals surface area (Å²) in [5, 5.41) is 46.3. The minimum absolute atomic E-state index is 0.0301. The van der Waals surface area contributed by atoms with Gasteiger partial charge < -0.3 is 25.2 Å². The van der Waals surface area contributed by atoms with Crippen molar-refractivity contribution in [3.8, 4) is 10.4 Å². The van der Waals surface area contributed by atoms with Crippen LogP contribution in [0.15, 0.2) is 54.6 Å². The zero-order valence-corrected chi connectivity index (χ0v) is 26.2. The number of hydrogen-bond donors (Lipinski definition) is 4. The molecule has 4 rings (SSSR count). The Morgan fingerprint density at radius 2 is 1.49 bits per heavy atom. The molecule has 1 aliphatic rings. The van der Waals surface area contributed by atoms with Crippen molar-refractivity contribution in [2.24, 2.45) is 0 Å².